The number of carbonyl (C=O) groups is 1. The van der Waals surface area contributed by atoms with Crippen molar-refractivity contribution in [2.45, 2.75) is 24.9 Å². The molecule has 3 rings (SSSR count). The summed E-state index contributed by atoms with van der Waals surface area (Å²) < 4.78 is 1.63. The van der Waals surface area contributed by atoms with Gasteiger partial charge in [-0.05, 0) is 48.6 Å². The molecule has 3 aromatic rings. The van der Waals surface area contributed by atoms with Gasteiger partial charge < -0.3 is 5.32 Å². The third-order valence-electron chi connectivity index (χ3n) is 4.29. The number of hydrogen-bond donors (Lipinski definition) is 1. The zero-order valence-corrected chi connectivity index (χ0v) is 18.4. The highest BCUT2D eigenvalue weighted by molar-refractivity contribution is 7.98. The second-order valence-corrected chi connectivity index (χ2v) is 8.80. The van der Waals surface area contributed by atoms with Gasteiger partial charge in [0.25, 0.3) is 5.91 Å². The van der Waals surface area contributed by atoms with Gasteiger partial charge in [0, 0.05) is 17.1 Å². The molecule has 0 unspecified atom stereocenters. The molecule has 0 aliphatic rings. The fourth-order valence-corrected chi connectivity index (χ4v) is 4.33. The fourth-order valence-electron chi connectivity index (χ4n) is 2.70. The smallest absolute Gasteiger partial charge is 0.308 e. The van der Waals surface area contributed by atoms with Crippen LogP contribution in [0.25, 0.3) is 0 Å². The molecule has 8 heteroatoms. The van der Waals surface area contributed by atoms with E-state index in [0.717, 1.165) is 22.5 Å². The number of aromatic nitrogens is 1. The topological polar surface area (TPSA) is 51.1 Å². The van der Waals surface area contributed by atoms with Gasteiger partial charge in [-0.1, -0.05) is 52.7 Å². The van der Waals surface area contributed by atoms with Crippen LogP contribution in [0.15, 0.2) is 52.2 Å². The Balaban J connectivity index is 1.73. The van der Waals surface area contributed by atoms with Gasteiger partial charge in [0.2, 0.25) is 0 Å². The van der Waals surface area contributed by atoms with Crippen molar-refractivity contribution in [3.63, 3.8) is 0 Å². The van der Waals surface area contributed by atoms with Crippen LogP contribution >= 0.6 is 46.3 Å². The molecule has 1 heterocycles. The maximum absolute atomic E-state index is 12.6. The minimum absolute atomic E-state index is 0.147. The van der Waals surface area contributed by atoms with Crippen LogP contribution in [-0.4, -0.2) is 16.7 Å². The lowest BCUT2D eigenvalue weighted by Gasteiger charge is -2.08. The lowest BCUT2D eigenvalue weighted by molar-refractivity contribution is 0.0954. The molecule has 28 heavy (non-hydrogen) atoms. The molecule has 1 aromatic heterocycles. The van der Waals surface area contributed by atoms with Gasteiger partial charge in [0.05, 0.1) is 16.6 Å². The van der Waals surface area contributed by atoms with Crippen LogP contribution in [-0.2, 0) is 13.1 Å². The first-order chi connectivity index (χ1) is 13.4. The van der Waals surface area contributed by atoms with Crippen LogP contribution < -0.4 is 10.2 Å². The Morgan fingerprint density at radius 3 is 2.43 bits per heavy atom. The van der Waals surface area contributed by atoms with Gasteiger partial charge in [-0.15, -0.1) is 11.8 Å². The Bertz CT molecular complexity index is 1060. The number of nitrogens with zero attached hydrogens (tertiary/aromatic N) is 1. The van der Waals surface area contributed by atoms with Crippen molar-refractivity contribution in [2.75, 3.05) is 6.26 Å². The van der Waals surface area contributed by atoms with Crippen molar-refractivity contribution in [2.24, 2.45) is 0 Å². The SMILES string of the molecule is CSc1ccc(Cn2c(C)c(C(=O)NCc3ccc(Cl)c(Cl)c3)sc2=O)cc1. The molecule has 0 radical (unpaired) electrons. The Kier molecular flexibility index (Phi) is 6.88. The molecule has 146 valence electrons. The van der Waals surface area contributed by atoms with Gasteiger partial charge in [-0.25, -0.2) is 0 Å². The van der Waals surface area contributed by atoms with E-state index in [1.807, 2.05) is 30.5 Å². The average molecular weight is 453 g/mol. The molecular formula is C20H18Cl2N2O2S2. The summed E-state index contributed by atoms with van der Waals surface area (Å²) in [6.07, 6.45) is 2.02. The Hall–Kier alpha value is -1.73. The Labute approximate surface area is 181 Å². The third-order valence-corrected chi connectivity index (χ3v) is 6.85. The fraction of sp³-hybridized carbons (Fsp3) is 0.200. The molecule has 0 aliphatic carbocycles. The number of nitrogens with one attached hydrogen (secondary N) is 1. The summed E-state index contributed by atoms with van der Waals surface area (Å²) in [5.41, 5.74) is 2.51. The van der Waals surface area contributed by atoms with E-state index in [2.05, 4.69) is 5.32 Å². The summed E-state index contributed by atoms with van der Waals surface area (Å²) in [5, 5.41) is 3.74. The zero-order chi connectivity index (χ0) is 20.3. The number of benzene rings is 2. The van der Waals surface area contributed by atoms with Gasteiger partial charge >= 0.3 is 4.87 Å². The van der Waals surface area contributed by atoms with E-state index in [9.17, 15) is 9.59 Å². The molecule has 4 nitrogen and oxygen atoms in total. The number of rotatable bonds is 6. The molecule has 0 atom stereocenters. The highest BCUT2D eigenvalue weighted by atomic mass is 35.5. The summed E-state index contributed by atoms with van der Waals surface area (Å²) in [6, 6.07) is 13.2. The molecule has 0 spiro atoms. The summed E-state index contributed by atoms with van der Waals surface area (Å²) in [5.74, 6) is -0.276. The Morgan fingerprint density at radius 1 is 1.11 bits per heavy atom. The first-order valence-electron chi connectivity index (χ1n) is 8.44. The first-order valence-corrected chi connectivity index (χ1v) is 11.2. The summed E-state index contributed by atoms with van der Waals surface area (Å²) in [7, 11) is 0. The number of amides is 1. The first kappa shape index (κ1) is 21.0. The minimum Gasteiger partial charge on any atom is -0.347 e. The summed E-state index contributed by atoms with van der Waals surface area (Å²) in [6.45, 7) is 2.54. The van der Waals surface area contributed by atoms with Gasteiger partial charge in [-0.2, -0.15) is 0 Å². The molecule has 2 aromatic carbocycles. The normalized spacial score (nSPS) is 10.9. The van der Waals surface area contributed by atoms with E-state index in [1.54, 1.807) is 41.5 Å². The number of carbonyl (C=O) groups excluding carboxylic acids is 1. The zero-order valence-electron chi connectivity index (χ0n) is 15.3. The van der Waals surface area contributed by atoms with Crippen LogP contribution in [0.3, 0.4) is 0 Å². The van der Waals surface area contributed by atoms with Crippen molar-refractivity contribution < 1.29 is 4.79 Å². The lowest BCUT2D eigenvalue weighted by Crippen LogP contribution is -2.23. The number of hydrogen-bond acceptors (Lipinski definition) is 4. The number of thiazole rings is 1. The molecule has 0 saturated heterocycles. The van der Waals surface area contributed by atoms with Crippen molar-refractivity contribution in [1.29, 1.82) is 0 Å². The van der Waals surface area contributed by atoms with E-state index < -0.39 is 0 Å². The van der Waals surface area contributed by atoms with Crippen LogP contribution in [0.2, 0.25) is 10.0 Å². The number of halogens is 2. The van der Waals surface area contributed by atoms with Crippen LogP contribution in [0, 0.1) is 6.92 Å². The summed E-state index contributed by atoms with van der Waals surface area (Å²) in [4.78, 5) is 26.4. The standard InChI is InChI=1S/C20H18Cl2N2O2S2/c1-12-18(19(25)23-10-14-5-8-16(21)17(22)9-14)28-20(26)24(12)11-13-3-6-15(27-2)7-4-13/h3-9H,10-11H2,1-2H3,(H,23,25). The molecule has 0 aliphatic heterocycles. The van der Waals surface area contributed by atoms with Crippen molar-refractivity contribution >= 4 is 52.2 Å². The maximum Gasteiger partial charge on any atom is 0.308 e. The maximum atomic E-state index is 12.6. The lowest BCUT2D eigenvalue weighted by atomic mass is 10.2. The van der Waals surface area contributed by atoms with Gasteiger partial charge in [0.15, 0.2) is 0 Å². The van der Waals surface area contributed by atoms with Crippen LogP contribution in [0.5, 0.6) is 0 Å². The van der Waals surface area contributed by atoms with Crippen molar-refractivity contribution in [1.82, 2.24) is 9.88 Å². The highest BCUT2D eigenvalue weighted by Gasteiger charge is 2.17. The van der Waals surface area contributed by atoms with Crippen LogP contribution in [0.4, 0.5) is 0 Å². The quantitative estimate of drug-likeness (QED) is 0.521. The highest BCUT2D eigenvalue weighted by Crippen LogP contribution is 2.23. The molecule has 1 amide bonds. The molecular weight excluding hydrogens is 435 g/mol. The second kappa shape index (κ2) is 9.18. The Morgan fingerprint density at radius 2 is 1.79 bits per heavy atom. The predicted molar refractivity (Wildman–Crippen MR) is 118 cm³/mol. The van der Waals surface area contributed by atoms with Crippen LogP contribution in [0.1, 0.15) is 26.5 Å². The third kappa shape index (κ3) is 4.81. The molecule has 1 N–H and O–H groups in total. The summed E-state index contributed by atoms with van der Waals surface area (Å²) >= 11 is 14.5. The average Bonchev–Trinajstić information content (AvgIpc) is 2.97. The number of thioether (sulfide) groups is 1. The largest absolute Gasteiger partial charge is 0.347 e. The monoisotopic (exact) mass is 452 g/mol. The minimum atomic E-state index is -0.276. The van der Waals surface area contributed by atoms with Gasteiger partial charge in [0.1, 0.15) is 4.88 Å². The molecule has 0 saturated carbocycles. The predicted octanol–water partition coefficient (Wildman–Crippen LogP) is 5.23. The van der Waals surface area contributed by atoms with E-state index >= 15 is 0 Å². The van der Waals surface area contributed by atoms with Gasteiger partial charge in [-0.3, -0.25) is 14.2 Å². The second-order valence-electron chi connectivity index (χ2n) is 6.15. The van der Waals surface area contributed by atoms with E-state index in [1.165, 1.54) is 4.90 Å². The molecule has 0 fully saturated rings. The van der Waals surface area contributed by atoms with Crippen molar-refractivity contribution in [3.05, 3.63) is 83.9 Å². The van der Waals surface area contributed by atoms with E-state index in [-0.39, 0.29) is 10.8 Å². The molecule has 0 bridgehead atoms. The van der Waals surface area contributed by atoms with E-state index in [0.29, 0.717) is 33.7 Å². The van der Waals surface area contributed by atoms with Crippen molar-refractivity contribution in [3.8, 4) is 0 Å². The van der Waals surface area contributed by atoms with E-state index in [4.69, 9.17) is 23.2 Å².